The molecule has 0 saturated carbocycles. The van der Waals surface area contributed by atoms with Gasteiger partial charge in [0.1, 0.15) is 18.6 Å². The van der Waals surface area contributed by atoms with Crippen LogP contribution in [0.25, 0.3) is 10.4 Å². The molecule has 10 nitrogen and oxygen atoms in total. The maximum absolute atomic E-state index is 13.5. The third-order valence-electron chi connectivity index (χ3n) is 6.48. The summed E-state index contributed by atoms with van der Waals surface area (Å²) in [5.41, 5.74) is 10.3. The van der Waals surface area contributed by atoms with Crippen LogP contribution in [-0.2, 0) is 23.9 Å². The first kappa shape index (κ1) is 29.0. The van der Waals surface area contributed by atoms with Gasteiger partial charge >= 0.3 is 0 Å². The first-order valence-electron chi connectivity index (χ1n) is 12.4. The second kappa shape index (κ2) is 12.8. The van der Waals surface area contributed by atoms with Crippen LogP contribution in [0, 0.1) is 18.8 Å². The quantitative estimate of drug-likeness (QED) is 0.169. The fraction of sp³-hybridized carbons (Fsp3) is 0.444. The van der Waals surface area contributed by atoms with E-state index in [4.69, 9.17) is 10.5 Å². The Morgan fingerprint density at radius 1 is 1.26 bits per heavy atom. The summed E-state index contributed by atoms with van der Waals surface area (Å²) in [6.45, 7) is 6.83. The number of rotatable bonds is 11. The number of aromatic nitrogens is 1. The maximum Gasteiger partial charge on any atom is 0.243 e. The number of aldehydes is 1. The number of aryl methyl sites for hydroxylation is 1. The number of hydrogen-bond acceptors (Lipinski definition) is 9. The number of benzene rings is 1. The number of aliphatic hydroxyl groups is 1. The van der Waals surface area contributed by atoms with Crippen molar-refractivity contribution in [2.45, 2.75) is 52.3 Å². The number of likely N-dealkylation sites (tertiary alicyclic amines) is 1. The Morgan fingerprint density at radius 3 is 2.53 bits per heavy atom. The van der Waals surface area contributed by atoms with Crippen LogP contribution in [0.4, 0.5) is 0 Å². The number of hydrogen-bond donors (Lipinski definition) is 3. The molecular weight excluding hydrogens is 508 g/mol. The molecule has 3 rings (SSSR count). The summed E-state index contributed by atoms with van der Waals surface area (Å²) in [6, 6.07) is 6.54. The van der Waals surface area contributed by atoms with E-state index in [1.807, 2.05) is 38.1 Å². The SMILES string of the molecule is Cc1ncsc1-c1ccc([C@H](C)NC(=O)[C@@H]2C[C@@H](O)CN2C(=O)[C@@H](C(=O)/C=C(\N)OCC=O)C(C)C)cc1. The van der Waals surface area contributed by atoms with Crippen molar-refractivity contribution in [1.82, 2.24) is 15.2 Å². The van der Waals surface area contributed by atoms with Crippen molar-refractivity contribution in [2.24, 2.45) is 17.6 Å². The molecule has 1 aliphatic rings. The average molecular weight is 543 g/mol. The first-order valence-corrected chi connectivity index (χ1v) is 13.3. The monoisotopic (exact) mass is 542 g/mol. The minimum Gasteiger partial charge on any atom is -0.472 e. The number of carbonyl (C=O) groups excluding carboxylic acids is 4. The number of β-amino-alcohol motifs (C(OH)–C–C–N with tert-alkyl or cyclic N) is 1. The van der Waals surface area contributed by atoms with Crippen LogP contribution in [0.5, 0.6) is 0 Å². The smallest absolute Gasteiger partial charge is 0.243 e. The summed E-state index contributed by atoms with van der Waals surface area (Å²) >= 11 is 1.56. The van der Waals surface area contributed by atoms with Gasteiger partial charge in [-0.2, -0.15) is 0 Å². The molecule has 0 aliphatic carbocycles. The Balaban J connectivity index is 1.72. The summed E-state index contributed by atoms with van der Waals surface area (Å²) < 4.78 is 4.91. The summed E-state index contributed by atoms with van der Waals surface area (Å²) in [7, 11) is 0. The molecule has 1 aliphatic heterocycles. The first-order chi connectivity index (χ1) is 18.0. The number of amides is 2. The molecule has 4 N–H and O–H groups in total. The molecule has 1 aromatic carbocycles. The largest absolute Gasteiger partial charge is 0.472 e. The van der Waals surface area contributed by atoms with Crippen molar-refractivity contribution in [3.63, 3.8) is 0 Å². The van der Waals surface area contributed by atoms with E-state index in [1.165, 1.54) is 4.90 Å². The Morgan fingerprint density at radius 2 is 1.95 bits per heavy atom. The van der Waals surface area contributed by atoms with Gasteiger partial charge in [-0.3, -0.25) is 19.2 Å². The lowest BCUT2D eigenvalue weighted by Gasteiger charge is -2.29. The van der Waals surface area contributed by atoms with Crippen LogP contribution in [-0.4, -0.2) is 64.2 Å². The fourth-order valence-electron chi connectivity index (χ4n) is 4.52. The van der Waals surface area contributed by atoms with Gasteiger partial charge in [-0.15, -0.1) is 11.3 Å². The van der Waals surface area contributed by atoms with Gasteiger partial charge < -0.3 is 25.8 Å². The normalized spacial score (nSPS) is 19.2. The summed E-state index contributed by atoms with van der Waals surface area (Å²) in [4.78, 5) is 56.7. The van der Waals surface area contributed by atoms with E-state index >= 15 is 0 Å². The van der Waals surface area contributed by atoms with Crippen LogP contribution in [0.15, 0.2) is 41.7 Å². The highest BCUT2D eigenvalue weighted by Gasteiger charge is 2.43. The molecule has 2 heterocycles. The van der Waals surface area contributed by atoms with Crippen LogP contribution < -0.4 is 11.1 Å². The Hall–Kier alpha value is -3.57. The zero-order valence-electron chi connectivity index (χ0n) is 21.9. The molecule has 1 saturated heterocycles. The predicted molar refractivity (Wildman–Crippen MR) is 143 cm³/mol. The summed E-state index contributed by atoms with van der Waals surface area (Å²) in [6.07, 6.45) is 0.634. The van der Waals surface area contributed by atoms with Gasteiger partial charge in [0.05, 0.1) is 28.2 Å². The fourth-order valence-corrected chi connectivity index (χ4v) is 5.33. The van der Waals surface area contributed by atoms with Crippen molar-refractivity contribution >= 4 is 35.2 Å². The van der Waals surface area contributed by atoms with Gasteiger partial charge in [-0.1, -0.05) is 38.1 Å². The topological polar surface area (TPSA) is 152 Å². The summed E-state index contributed by atoms with van der Waals surface area (Å²) in [5.74, 6) is -3.40. The molecule has 0 bridgehead atoms. The Labute approximate surface area is 225 Å². The van der Waals surface area contributed by atoms with Crippen molar-refractivity contribution in [3.05, 3.63) is 53.0 Å². The molecule has 1 aromatic heterocycles. The lowest BCUT2D eigenvalue weighted by molar-refractivity contribution is -0.146. The number of nitrogens with one attached hydrogen (secondary N) is 1. The van der Waals surface area contributed by atoms with Gasteiger partial charge in [0.25, 0.3) is 0 Å². The van der Waals surface area contributed by atoms with Crippen molar-refractivity contribution in [1.29, 1.82) is 0 Å². The molecule has 2 amide bonds. The number of thiazole rings is 1. The third-order valence-corrected chi connectivity index (χ3v) is 7.46. The van der Waals surface area contributed by atoms with Gasteiger partial charge in [0.15, 0.2) is 18.0 Å². The van der Waals surface area contributed by atoms with E-state index in [0.29, 0.717) is 6.29 Å². The number of ether oxygens (including phenoxy) is 1. The molecule has 0 spiro atoms. The minimum atomic E-state index is -1.13. The second-order valence-electron chi connectivity index (χ2n) is 9.66. The van der Waals surface area contributed by atoms with E-state index < -0.39 is 41.6 Å². The Bertz CT molecular complexity index is 1190. The minimum absolute atomic E-state index is 0.0628. The number of ketones is 1. The zero-order valence-corrected chi connectivity index (χ0v) is 22.7. The molecule has 2 aromatic rings. The predicted octanol–water partition coefficient (Wildman–Crippen LogP) is 2.11. The van der Waals surface area contributed by atoms with Gasteiger partial charge in [-0.25, -0.2) is 4.98 Å². The lowest BCUT2D eigenvalue weighted by atomic mass is 9.89. The highest BCUT2D eigenvalue weighted by atomic mass is 32.1. The molecule has 1 fully saturated rings. The number of allylic oxidation sites excluding steroid dienone is 1. The molecule has 0 unspecified atom stereocenters. The van der Waals surface area contributed by atoms with Crippen molar-refractivity contribution < 1.29 is 29.0 Å². The molecule has 4 atom stereocenters. The van der Waals surface area contributed by atoms with Gasteiger partial charge in [0.2, 0.25) is 11.8 Å². The Kier molecular flexibility index (Phi) is 9.76. The van der Waals surface area contributed by atoms with E-state index in [0.717, 1.165) is 27.8 Å². The highest BCUT2D eigenvalue weighted by Crippen LogP contribution is 2.29. The third kappa shape index (κ3) is 6.84. The van der Waals surface area contributed by atoms with E-state index in [9.17, 15) is 24.3 Å². The zero-order chi connectivity index (χ0) is 28.0. The number of carbonyl (C=O) groups is 4. The van der Waals surface area contributed by atoms with Gasteiger partial charge in [-0.05, 0) is 30.9 Å². The standard InChI is InChI=1S/C27H34N4O6S/c1-15(2)24(22(34)12-23(28)37-10-9-32)27(36)31-13-20(33)11-21(31)26(35)30-16(3)18-5-7-19(8-6-18)25-17(4)29-14-38-25/h5-9,12,14-16,20-21,24,33H,10-11,13,28H2,1-4H3,(H,30,35)/b23-12+/t16-,20+,21-,24+/m0/s1. The van der Waals surface area contributed by atoms with Crippen LogP contribution in [0.1, 0.15) is 44.5 Å². The van der Waals surface area contributed by atoms with Crippen LogP contribution in [0.3, 0.4) is 0 Å². The van der Waals surface area contributed by atoms with E-state index in [1.54, 1.807) is 30.7 Å². The number of nitrogens with zero attached hydrogens (tertiary/aromatic N) is 2. The highest BCUT2D eigenvalue weighted by molar-refractivity contribution is 7.13. The number of aliphatic hydroxyl groups excluding tert-OH is 1. The lowest BCUT2D eigenvalue weighted by Crippen LogP contribution is -2.50. The molecule has 38 heavy (non-hydrogen) atoms. The molecular formula is C27H34N4O6S. The van der Waals surface area contributed by atoms with Crippen molar-refractivity contribution in [2.75, 3.05) is 13.2 Å². The van der Waals surface area contributed by atoms with Crippen LogP contribution >= 0.6 is 11.3 Å². The molecule has 0 radical (unpaired) electrons. The molecule has 11 heteroatoms. The second-order valence-corrected chi connectivity index (χ2v) is 10.5. The van der Waals surface area contributed by atoms with E-state index in [2.05, 4.69) is 10.3 Å². The average Bonchev–Trinajstić information content (AvgIpc) is 3.48. The van der Waals surface area contributed by atoms with E-state index in [-0.39, 0.29) is 31.5 Å². The van der Waals surface area contributed by atoms with Crippen LogP contribution in [0.2, 0.25) is 0 Å². The van der Waals surface area contributed by atoms with Gasteiger partial charge in [0, 0.05) is 19.0 Å². The van der Waals surface area contributed by atoms with Crippen molar-refractivity contribution in [3.8, 4) is 10.4 Å². The number of nitrogens with two attached hydrogens (primary N) is 1. The molecule has 204 valence electrons. The summed E-state index contributed by atoms with van der Waals surface area (Å²) in [5, 5.41) is 13.3. The maximum atomic E-state index is 13.5.